The molecule has 1 N–H and O–H groups in total. The molecule has 2 unspecified atom stereocenters. The summed E-state index contributed by atoms with van der Waals surface area (Å²) in [6.45, 7) is 8.30. The summed E-state index contributed by atoms with van der Waals surface area (Å²) in [6, 6.07) is 9.80. The third kappa shape index (κ3) is 5.04. The highest BCUT2D eigenvalue weighted by atomic mass is 127. The lowest BCUT2D eigenvalue weighted by Crippen LogP contribution is -2.42. The molecule has 0 amide bonds. The predicted molar refractivity (Wildman–Crippen MR) is 90.5 cm³/mol. The normalized spacial score (nSPS) is 20.2. The van der Waals surface area contributed by atoms with Crippen LogP contribution in [0.25, 0.3) is 0 Å². The molecule has 3 heteroatoms. The first-order valence-corrected chi connectivity index (χ1v) is 8.47. The van der Waals surface area contributed by atoms with Crippen LogP contribution in [0.3, 0.4) is 0 Å². The Kier molecular flexibility index (Phi) is 6.10. The molecule has 2 nitrogen and oxygen atoms in total. The molecule has 0 saturated carbocycles. The highest BCUT2D eigenvalue weighted by Crippen LogP contribution is 2.16. The van der Waals surface area contributed by atoms with E-state index >= 15 is 0 Å². The van der Waals surface area contributed by atoms with Crippen LogP contribution in [0.15, 0.2) is 24.3 Å². The number of likely N-dealkylation sites (tertiary alicyclic amines) is 1. The lowest BCUT2D eigenvalue weighted by Gasteiger charge is -2.30. The van der Waals surface area contributed by atoms with Crippen molar-refractivity contribution in [3.8, 4) is 0 Å². The topological polar surface area (TPSA) is 15.3 Å². The second-order valence-electron chi connectivity index (χ2n) is 5.70. The van der Waals surface area contributed by atoms with E-state index in [1.54, 1.807) is 0 Å². The minimum absolute atomic E-state index is 0.428. The summed E-state index contributed by atoms with van der Waals surface area (Å²) in [5.41, 5.74) is 1.38. The Morgan fingerprint density at radius 3 is 2.37 bits per heavy atom. The van der Waals surface area contributed by atoms with E-state index in [1.165, 1.54) is 48.0 Å². The average molecular weight is 372 g/mol. The van der Waals surface area contributed by atoms with Crippen molar-refractivity contribution in [3.05, 3.63) is 33.4 Å². The summed E-state index contributed by atoms with van der Waals surface area (Å²) >= 11 is 2.35. The minimum atomic E-state index is 0.428. The lowest BCUT2D eigenvalue weighted by molar-refractivity contribution is 0.205. The van der Waals surface area contributed by atoms with Crippen molar-refractivity contribution in [3.63, 3.8) is 0 Å². The Morgan fingerprint density at radius 2 is 1.74 bits per heavy atom. The number of nitrogens with one attached hydrogen (secondary N) is 1. The van der Waals surface area contributed by atoms with Crippen molar-refractivity contribution in [2.75, 3.05) is 19.6 Å². The zero-order chi connectivity index (χ0) is 13.7. The highest BCUT2D eigenvalue weighted by molar-refractivity contribution is 14.1. The van der Waals surface area contributed by atoms with Gasteiger partial charge in [0.1, 0.15) is 0 Å². The maximum atomic E-state index is 3.72. The van der Waals surface area contributed by atoms with Gasteiger partial charge in [-0.2, -0.15) is 0 Å². The molecule has 1 saturated heterocycles. The van der Waals surface area contributed by atoms with Crippen molar-refractivity contribution in [1.29, 1.82) is 0 Å². The van der Waals surface area contributed by atoms with Crippen LogP contribution < -0.4 is 5.32 Å². The molecule has 0 spiro atoms. The van der Waals surface area contributed by atoms with E-state index in [2.05, 4.69) is 70.9 Å². The van der Waals surface area contributed by atoms with Crippen LogP contribution in [0.2, 0.25) is 0 Å². The van der Waals surface area contributed by atoms with E-state index in [0.717, 1.165) is 0 Å². The maximum Gasteiger partial charge on any atom is 0.0294 e. The van der Waals surface area contributed by atoms with E-state index in [9.17, 15) is 0 Å². The van der Waals surface area contributed by atoms with Gasteiger partial charge in [0, 0.05) is 22.2 Å². The van der Waals surface area contributed by atoms with E-state index in [-0.39, 0.29) is 0 Å². The second-order valence-corrected chi connectivity index (χ2v) is 6.95. The smallest absolute Gasteiger partial charge is 0.0294 e. The average Bonchev–Trinajstić information content (AvgIpc) is 2.40. The molecule has 1 aliphatic rings. The third-order valence-corrected chi connectivity index (χ3v) is 4.60. The van der Waals surface area contributed by atoms with E-state index in [0.29, 0.717) is 12.1 Å². The molecule has 106 valence electrons. The van der Waals surface area contributed by atoms with Crippen molar-refractivity contribution in [2.45, 2.75) is 45.2 Å². The van der Waals surface area contributed by atoms with Crippen molar-refractivity contribution in [2.24, 2.45) is 0 Å². The Hall–Kier alpha value is -0.130. The number of nitrogens with zero attached hydrogens (tertiary/aromatic N) is 1. The number of hydrogen-bond donors (Lipinski definition) is 1. The summed E-state index contributed by atoms with van der Waals surface area (Å²) < 4.78 is 1.30. The lowest BCUT2D eigenvalue weighted by atomic mass is 10.1. The van der Waals surface area contributed by atoms with E-state index in [1.807, 2.05) is 0 Å². The molecule has 1 heterocycles. The Bertz CT molecular complexity index is 371. The molecule has 2 rings (SSSR count). The standard InChI is InChI=1S/C16H25IN2/c1-13(12-19-10-4-3-5-11-19)18-14(2)15-6-8-16(17)9-7-15/h6-9,13-14,18H,3-5,10-12H2,1-2H3. The molecule has 19 heavy (non-hydrogen) atoms. The summed E-state index contributed by atoms with van der Waals surface area (Å²) in [4.78, 5) is 2.60. The van der Waals surface area contributed by atoms with Crippen LogP contribution in [-0.4, -0.2) is 30.6 Å². The predicted octanol–water partition coefficient (Wildman–Crippen LogP) is 3.82. The van der Waals surface area contributed by atoms with Gasteiger partial charge in [-0.1, -0.05) is 18.6 Å². The first kappa shape index (κ1) is 15.3. The van der Waals surface area contributed by atoms with Crippen molar-refractivity contribution < 1.29 is 0 Å². The second kappa shape index (κ2) is 7.60. The van der Waals surface area contributed by atoms with Crippen LogP contribution in [0.1, 0.15) is 44.7 Å². The van der Waals surface area contributed by atoms with Crippen LogP contribution in [0, 0.1) is 3.57 Å². The van der Waals surface area contributed by atoms with Gasteiger partial charge in [0.15, 0.2) is 0 Å². The first-order chi connectivity index (χ1) is 9.15. The fourth-order valence-electron chi connectivity index (χ4n) is 2.86. The number of benzene rings is 1. The quantitative estimate of drug-likeness (QED) is 0.791. The largest absolute Gasteiger partial charge is 0.306 e. The van der Waals surface area contributed by atoms with Gasteiger partial charge in [-0.05, 0) is 80.1 Å². The van der Waals surface area contributed by atoms with Gasteiger partial charge in [-0.15, -0.1) is 0 Å². The molecule has 1 aromatic carbocycles. The maximum absolute atomic E-state index is 3.72. The van der Waals surface area contributed by atoms with Crippen LogP contribution in [0.5, 0.6) is 0 Å². The molecule has 0 aliphatic carbocycles. The monoisotopic (exact) mass is 372 g/mol. The molecule has 2 atom stereocenters. The summed E-state index contributed by atoms with van der Waals surface area (Å²) in [5.74, 6) is 0. The Balaban J connectivity index is 1.80. The molecule has 0 radical (unpaired) electrons. The number of rotatable bonds is 5. The van der Waals surface area contributed by atoms with Crippen LogP contribution in [0.4, 0.5) is 0 Å². The van der Waals surface area contributed by atoms with Gasteiger partial charge < -0.3 is 10.2 Å². The third-order valence-electron chi connectivity index (χ3n) is 3.89. The van der Waals surface area contributed by atoms with Gasteiger partial charge in [0.05, 0.1) is 0 Å². The molecular weight excluding hydrogens is 347 g/mol. The first-order valence-electron chi connectivity index (χ1n) is 7.39. The number of piperidine rings is 1. The highest BCUT2D eigenvalue weighted by Gasteiger charge is 2.15. The summed E-state index contributed by atoms with van der Waals surface area (Å²) in [7, 11) is 0. The Labute approximate surface area is 131 Å². The molecule has 1 aromatic rings. The number of halogens is 1. The van der Waals surface area contributed by atoms with E-state index < -0.39 is 0 Å². The van der Waals surface area contributed by atoms with Gasteiger partial charge in [0.2, 0.25) is 0 Å². The molecule has 0 aromatic heterocycles. The summed E-state index contributed by atoms with van der Waals surface area (Å²) in [5, 5.41) is 3.72. The minimum Gasteiger partial charge on any atom is -0.306 e. The van der Waals surface area contributed by atoms with Crippen molar-refractivity contribution >= 4 is 22.6 Å². The SMILES string of the molecule is CC(CN1CCCCC1)NC(C)c1ccc(I)cc1. The molecule has 1 aliphatic heterocycles. The van der Waals surface area contributed by atoms with Gasteiger partial charge in [-0.3, -0.25) is 0 Å². The zero-order valence-corrected chi connectivity index (χ0v) is 14.2. The molecule has 1 fully saturated rings. The Morgan fingerprint density at radius 1 is 1.11 bits per heavy atom. The van der Waals surface area contributed by atoms with Crippen LogP contribution in [-0.2, 0) is 0 Å². The van der Waals surface area contributed by atoms with Crippen LogP contribution >= 0.6 is 22.6 Å². The van der Waals surface area contributed by atoms with Crippen molar-refractivity contribution in [1.82, 2.24) is 10.2 Å². The van der Waals surface area contributed by atoms with Gasteiger partial charge in [0.25, 0.3) is 0 Å². The fraction of sp³-hybridized carbons (Fsp3) is 0.625. The van der Waals surface area contributed by atoms with Gasteiger partial charge in [-0.25, -0.2) is 0 Å². The van der Waals surface area contributed by atoms with E-state index in [4.69, 9.17) is 0 Å². The number of hydrogen-bond acceptors (Lipinski definition) is 2. The summed E-state index contributed by atoms with van der Waals surface area (Å²) in [6.07, 6.45) is 4.16. The zero-order valence-electron chi connectivity index (χ0n) is 12.0. The molecular formula is C16H25IN2. The molecule has 0 bridgehead atoms. The van der Waals surface area contributed by atoms with Gasteiger partial charge >= 0.3 is 0 Å². The fourth-order valence-corrected chi connectivity index (χ4v) is 3.22.